The predicted molar refractivity (Wildman–Crippen MR) is 85.5 cm³/mol. The topological polar surface area (TPSA) is 49.6 Å². The molecule has 2 unspecified atom stereocenters. The molecule has 114 valence electrons. The minimum Gasteiger partial charge on any atom is -0.393 e. The Morgan fingerprint density at radius 2 is 1.85 bits per heavy atom. The van der Waals surface area contributed by atoms with E-state index in [0.717, 1.165) is 19.5 Å². The minimum atomic E-state index is -0.301. The molecule has 1 amide bonds. The second kappa shape index (κ2) is 6.85. The SMILES string of the molecule is CC(C)C(C(=O)N1CCC(N2CCCCC2)C1)C(N)=S. The van der Waals surface area contributed by atoms with Crippen LogP contribution in [0.15, 0.2) is 0 Å². The summed E-state index contributed by atoms with van der Waals surface area (Å²) in [4.78, 5) is 17.5. The van der Waals surface area contributed by atoms with Gasteiger partial charge in [0.2, 0.25) is 5.91 Å². The highest BCUT2D eigenvalue weighted by molar-refractivity contribution is 7.80. The molecule has 4 nitrogen and oxygen atoms in total. The first-order chi connectivity index (χ1) is 9.50. The van der Waals surface area contributed by atoms with Gasteiger partial charge in [0.15, 0.2) is 0 Å². The van der Waals surface area contributed by atoms with Crippen LogP contribution in [-0.4, -0.2) is 52.9 Å². The number of thiocarbonyl (C=S) groups is 1. The Kier molecular flexibility index (Phi) is 5.38. The second-order valence-corrected chi connectivity index (χ2v) is 6.92. The van der Waals surface area contributed by atoms with E-state index in [1.165, 1.54) is 32.4 Å². The number of carbonyl (C=O) groups excluding carboxylic acids is 1. The maximum absolute atomic E-state index is 12.6. The lowest BCUT2D eigenvalue weighted by atomic mass is 9.94. The van der Waals surface area contributed by atoms with Crippen molar-refractivity contribution in [2.24, 2.45) is 17.6 Å². The Balaban J connectivity index is 1.94. The average molecular weight is 297 g/mol. The fraction of sp³-hybridized carbons (Fsp3) is 0.867. The highest BCUT2D eigenvalue weighted by Crippen LogP contribution is 2.23. The Hall–Kier alpha value is -0.680. The van der Waals surface area contributed by atoms with Crippen LogP contribution in [0.1, 0.15) is 39.5 Å². The van der Waals surface area contributed by atoms with Crippen molar-refractivity contribution in [3.63, 3.8) is 0 Å². The molecular weight excluding hydrogens is 270 g/mol. The van der Waals surface area contributed by atoms with Crippen LogP contribution in [0.3, 0.4) is 0 Å². The quantitative estimate of drug-likeness (QED) is 0.801. The largest absolute Gasteiger partial charge is 0.393 e. The summed E-state index contributed by atoms with van der Waals surface area (Å²) in [5.41, 5.74) is 5.76. The van der Waals surface area contributed by atoms with Crippen LogP contribution in [-0.2, 0) is 4.79 Å². The summed E-state index contributed by atoms with van der Waals surface area (Å²) >= 11 is 5.08. The molecule has 2 aliphatic rings. The highest BCUT2D eigenvalue weighted by atomic mass is 32.1. The standard InChI is InChI=1S/C15H27N3OS/c1-11(2)13(14(16)20)15(19)18-9-6-12(10-18)17-7-4-3-5-8-17/h11-13H,3-10H2,1-2H3,(H2,16,20). The Bertz CT molecular complexity index is 366. The molecule has 2 N–H and O–H groups in total. The third-order valence-electron chi connectivity index (χ3n) is 4.62. The van der Waals surface area contributed by atoms with Crippen molar-refractivity contribution in [1.29, 1.82) is 0 Å². The zero-order chi connectivity index (χ0) is 14.7. The van der Waals surface area contributed by atoms with Crippen molar-refractivity contribution in [1.82, 2.24) is 9.80 Å². The molecule has 2 atom stereocenters. The number of piperidine rings is 1. The number of hydrogen-bond donors (Lipinski definition) is 1. The first kappa shape index (κ1) is 15.7. The van der Waals surface area contributed by atoms with Gasteiger partial charge in [0.25, 0.3) is 0 Å². The van der Waals surface area contributed by atoms with E-state index < -0.39 is 0 Å². The summed E-state index contributed by atoms with van der Waals surface area (Å²) in [5, 5.41) is 0. The number of nitrogens with zero attached hydrogens (tertiary/aromatic N) is 2. The third kappa shape index (κ3) is 3.50. The van der Waals surface area contributed by atoms with E-state index in [4.69, 9.17) is 18.0 Å². The average Bonchev–Trinajstić information content (AvgIpc) is 2.88. The maximum Gasteiger partial charge on any atom is 0.232 e. The molecule has 0 saturated carbocycles. The molecule has 5 heteroatoms. The van der Waals surface area contributed by atoms with Gasteiger partial charge < -0.3 is 10.6 Å². The van der Waals surface area contributed by atoms with Crippen molar-refractivity contribution in [2.75, 3.05) is 26.2 Å². The van der Waals surface area contributed by atoms with Gasteiger partial charge in [-0.3, -0.25) is 9.69 Å². The monoisotopic (exact) mass is 297 g/mol. The lowest BCUT2D eigenvalue weighted by Crippen LogP contribution is -2.45. The van der Waals surface area contributed by atoms with Crippen LogP contribution < -0.4 is 5.73 Å². The summed E-state index contributed by atoms with van der Waals surface area (Å²) in [6.45, 7) is 8.11. The summed E-state index contributed by atoms with van der Waals surface area (Å²) in [6.07, 6.45) is 5.04. The van der Waals surface area contributed by atoms with E-state index in [2.05, 4.69) is 4.90 Å². The molecule has 0 bridgehead atoms. The molecule has 0 aliphatic carbocycles. The molecule has 0 aromatic heterocycles. The molecule has 0 radical (unpaired) electrons. The summed E-state index contributed by atoms with van der Waals surface area (Å²) in [5.74, 6) is 0.00570. The molecule has 0 aromatic rings. The van der Waals surface area contributed by atoms with Gasteiger partial charge in [-0.05, 0) is 38.3 Å². The number of carbonyl (C=O) groups is 1. The van der Waals surface area contributed by atoms with Gasteiger partial charge in [-0.25, -0.2) is 0 Å². The van der Waals surface area contributed by atoms with E-state index in [9.17, 15) is 4.79 Å². The van der Waals surface area contributed by atoms with Crippen LogP contribution in [0.25, 0.3) is 0 Å². The van der Waals surface area contributed by atoms with Crippen molar-refractivity contribution in [2.45, 2.75) is 45.6 Å². The number of amides is 1. The second-order valence-electron chi connectivity index (χ2n) is 6.45. The van der Waals surface area contributed by atoms with Crippen LogP contribution in [0.4, 0.5) is 0 Å². The first-order valence-corrected chi connectivity index (χ1v) is 8.23. The fourth-order valence-corrected chi connectivity index (χ4v) is 3.83. The zero-order valence-corrected chi connectivity index (χ0v) is 13.5. The van der Waals surface area contributed by atoms with Gasteiger partial charge in [-0.1, -0.05) is 32.5 Å². The number of hydrogen-bond acceptors (Lipinski definition) is 3. The molecule has 2 fully saturated rings. The van der Waals surface area contributed by atoms with Crippen LogP contribution >= 0.6 is 12.2 Å². The number of nitrogens with two attached hydrogens (primary N) is 1. The van der Waals surface area contributed by atoms with Gasteiger partial charge in [0.1, 0.15) is 0 Å². The van der Waals surface area contributed by atoms with E-state index in [1.54, 1.807) is 0 Å². The van der Waals surface area contributed by atoms with E-state index >= 15 is 0 Å². The van der Waals surface area contributed by atoms with Crippen LogP contribution in [0, 0.1) is 11.8 Å². The Labute approximate surface area is 127 Å². The minimum absolute atomic E-state index is 0.131. The van der Waals surface area contributed by atoms with Crippen LogP contribution in [0.2, 0.25) is 0 Å². The maximum atomic E-state index is 12.6. The van der Waals surface area contributed by atoms with Gasteiger partial charge in [0, 0.05) is 19.1 Å². The molecule has 2 rings (SSSR count). The molecule has 0 spiro atoms. The first-order valence-electron chi connectivity index (χ1n) is 7.83. The Morgan fingerprint density at radius 1 is 1.20 bits per heavy atom. The summed E-state index contributed by atoms with van der Waals surface area (Å²) in [6, 6.07) is 0.540. The van der Waals surface area contributed by atoms with Crippen molar-refractivity contribution < 1.29 is 4.79 Å². The van der Waals surface area contributed by atoms with Crippen molar-refractivity contribution in [3.8, 4) is 0 Å². The van der Waals surface area contributed by atoms with Crippen LogP contribution in [0.5, 0.6) is 0 Å². The zero-order valence-electron chi connectivity index (χ0n) is 12.7. The third-order valence-corrected chi connectivity index (χ3v) is 4.88. The van der Waals surface area contributed by atoms with Crippen molar-refractivity contribution in [3.05, 3.63) is 0 Å². The molecule has 2 aliphatic heterocycles. The van der Waals surface area contributed by atoms with E-state index in [0.29, 0.717) is 11.0 Å². The number of rotatable bonds is 4. The van der Waals surface area contributed by atoms with Gasteiger partial charge >= 0.3 is 0 Å². The summed E-state index contributed by atoms with van der Waals surface area (Å²) < 4.78 is 0. The normalized spacial score (nSPS) is 25.9. The van der Waals surface area contributed by atoms with Gasteiger partial charge in [-0.2, -0.15) is 0 Å². The number of likely N-dealkylation sites (tertiary alicyclic amines) is 2. The lowest BCUT2D eigenvalue weighted by molar-refractivity contribution is -0.133. The summed E-state index contributed by atoms with van der Waals surface area (Å²) in [7, 11) is 0. The van der Waals surface area contributed by atoms with E-state index in [-0.39, 0.29) is 17.7 Å². The molecular formula is C15H27N3OS. The lowest BCUT2D eigenvalue weighted by Gasteiger charge is -2.32. The molecule has 0 aromatic carbocycles. The highest BCUT2D eigenvalue weighted by Gasteiger charge is 2.35. The predicted octanol–water partition coefficient (Wildman–Crippen LogP) is 1.63. The van der Waals surface area contributed by atoms with Crippen molar-refractivity contribution >= 4 is 23.1 Å². The molecule has 2 saturated heterocycles. The smallest absolute Gasteiger partial charge is 0.232 e. The van der Waals surface area contributed by atoms with Gasteiger partial charge in [-0.15, -0.1) is 0 Å². The fourth-order valence-electron chi connectivity index (χ4n) is 3.46. The van der Waals surface area contributed by atoms with E-state index in [1.807, 2.05) is 18.7 Å². The molecule has 20 heavy (non-hydrogen) atoms. The van der Waals surface area contributed by atoms with Gasteiger partial charge in [0.05, 0.1) is 10.9 Å². The molecule has 2 heterocycles. The Morgan fingerprint density at radius 3 is 2.40 bits per heavy atom.